The first-order valence-corrected chi connectivity index (χ1v) is 9.92. The summed E-state index contributed by atoms with van der Waals surface area (Å²) in [6.07, 6.45) is 4.12. The molecule has 0 saturated heterocycles. The van der Waals surface area contributed by atoms with Gasteiger partial charge in [-0.15, -0.1) is 11.3 Å². The summed E-state index contributed by atoms with van der Waals surface area (Å²) in [5, 5.41) is 0.682. The van der Waals surface area contributed by atoms with Gasteiger partial charge in [0.25, 0.3) is 5.56 Å². The normalized spacial score (nSPS) is 13.4. The third kappa shape index (κ3) is 3.35. The van der Waals surface area contributed by atoms with Crippen molar-refractivity contribution in [3.8, 4) is 11.7 Å². The van der Waals surface area contributed by atoms with E-state index in [4.69, 9.17) is 9.47 Å². The number of ether oxygens (including phenoxy) is 2. The Morgan fingerprint density at radius 3 is 2.78 bits per heavy atom. The Morgan fingerprint density at radius 2 is 2.00 bits per heavy atom. The first-order valence-electron chi connectivity index (χ1n) is 9.10. The number of hydrogen-bond donors (Lipinski definition) is 0. The minimum atomic E-state index is -0.489. The van der Waals surface area contributed by atoms with E-state index >= 15 is 0 Å². The Bertz CT molecular complexity index is 1040. The molecule has 0 fully saturated rings. The van der Waals surface area contributed by atoms with Crippen LogP contribution in [-0.2, 0) is 22.4 Å². The fourth-order valence-corrected chi connectivity index (χ4v) is 4.66. The second-order valence-electron chi connectivity index (χ2n) is 6.36. The molecule has 1 aliphatic rings. The zero-order valence-electron chi connectivity index (χ0n) is 15.1. The van der Waals surface area contributed by atoms with Crippen LogP contribution in [0.1, 0.15) is 30.2 Å². The van der Waals surface area contributed by atoms with Crippen molar-refractivity contribution < 1.29 is 14.3 Å². The number of aryl methyl sites for hydroxylation is 2. The molecule has 27 heavy (non-hydrogen) atoms. The van der Waals surface area contributed by atoms with Crippen LogP contribution in [0.4, 0.5) is 0 Å². The van der Waals surface area contributed by atoms with Crippen molar-refractivity contribution in [2.75, 3.05) is 13.2 Å². The van der Waals surface area contributed by atoms with Crippen molar-refractivity contribution in [1.29, 1.82) is 0 Å². The third-order valence-electron chi connectivity index (χ3n) is 4.60. The van der Waals surface area contributed by atoms with Gasteiger partial charge < -0.3 is 9.47 Å². The molecule has 1 aliphatic carbocycles. The Kier molecular flexibility index (Phi) is 4.94. The predicted molar refractivity (Wildman–Crippen MR) is 104 cm³/mol. The summed E-state index contributed by atoms with van der Waals surface area (Å²) in [7, 11) is 0. The van der Waals surface area contributed by atoms with Crippen molar-refractivity contribution in [3.05, 3.63) is 51.1 Å². The highest BCUT2D eigenvalue weighted by Gasteiger charge is 2.23. The molecule has 0 amide bonds. The quantitative estimate of drug-likeness (QED) is 0.632. The molecule has 0 unspecified atom stereocenters. The average molecular weight is 384 g/mol. The van der Waals surface area contributed by atoms with Crippen LogP contribution in [0.15, 0.2) is 35.1 Å². The zero-order valence-corrected chi connectivity index (χ0v) is 15.9. The minimum absolute atomic E-state index is 0.116. The van der Waals surface area contributed by atoms with Gasteiger partial charge >= 0.3 is 12.0 Å². The van der Waals surface area contributed by atoms with Crippen molar-refractivity contribution in [1.82, 2.24) is 9.55 Å². The molecule has 140 valence electrons. The predicted octanol–water partition coefficient (Wildman–Crippen LogP) is 3.27. The van der Waals surface area contributed by atoms with Crippen LogP contribution < -0.4 is 10.3 Å². The highest BCUT2D eigenvalue weighted by Crippen LogP contribution is 2.35. The fraction of sp³-hybridized carbons (Fsp3) is 0.350. The molecule has 7 heteroatoms. The molecule has 1 aromatic carbocycles. The van der Waals surface area contributed by atoms with Crippen molar-refractivity contribution in [2.24, 2.45) is 0 Å². The smallest absolute Gasteiger partial charge is 0.344 e. The molecule has 0 atom stereocenters. The molecule has 3 aromatic rings. The minimum Gasteiger partial charge on any atom is -0.463 e. The highest BCUT2D eigenvalue weighted by molar-refractivity contribution is 7.18. The van der Waals surface area contributed by atoms with E-state index in [0.29, 0.717) is 15.9 Å². The summed E-state index contributed by atoms with van der Waals surface area (Å²) in [6.45, 7) is 1.72. The van der Waals surface area contributed by atoms with E-state index in [1.807, 2.05) is 30.3 Å². The second kappa shape index (κ2) is 7.52. The lowest BCUT2D eigenvalue weighted by Gasteiger charge is -2.14. The number of esters is 1. The fourth-order valence-electron chi connectivity index (χ4n) is 3.41. The Balaban J connectivity index is 1.87. The number of rotatable bonds is 5. The molecule has 6 nitrogen and oxygen atoms in total. The second-order valence-corrected chi connectivity index (χ2v) is 7.44. The van der Waals surface area contributed by atoms with Gasteiger partial charge in [-0.25, -0.2) is 9.36 Å². The Morgan fingerprint density at radius 1 is 1.22 bits per heavy atom. The summed E-state index contributed by atoms with van der Waals surface area (Å²) >= 11 is 1.56. The lowest BCUT2D eigenvalue weighted by atomic mass is 9.97. The average Bonchev–Trinajstić information content (AvgIpc) is 3.06. The van der Waals surface area contributed by atoms with E-state index < -0.39 is 5.97 Å². The maximum absolute atomic E-state index is 13.4. The summed E-state index contributed by atoms with van der Waals surface area (Å²) in [4.78, 5) is 31.6. The number of benzene rings is 1. The van der Waals surface area contributed by atoms with Crippen LogP contribution >= 0.6 is 11.3 Å². The van der Waals surface area contributed by atoms with Crippen molar-refractivity contribution in [3.63, 3.8) is 0 Å². The molecular weight excluding hydrogens is 364 g/mol. The number of nitrogens with zero attached hydrogens (tertiary/aromatic N) is 2. The van der Waals surface area contributed by atoms with E-state index in [9.17, 15) is 9.59 Å². The first-order chi connectivity index (χ1) is 13.2. The monoisotopic (exact) mass is 384 g/mol. The number of fused-ring (bicyclic) bond motifs is 3. The van der Waals surface area contributed by atoms with E-state index in [1.54, 1.807) is 18.3 Å². The number of carbonyl (C=O) groups is 1. The SMILES string of the molecule is CCOC(=O)COc1nc2sc3c(c2c(=O)n1-c1ccccc1)CCCC3. The summed E-state index contributed by atoms with van der Waals surface area (Å²) in [6, 6.07) is 9.35. The topological polar surface area (TPSA) is 70.4 Å². The molecule has 2 aromatic heterocycles. The van der Waals surface area contributed by atoms with E-state index in [0.717, 1.165) is 31.2 Å². The molecule has 0 bridgehead atoms. The molecule has 4 rings (SSSR count). The van der Waals surface area contributed by atoms with Gasteiger partial charge in [-0.3, -0.25) is 4.79 Å². The van der Waals surface area contributed by atoms with Crippen LogP contribution in [0, 0.1) is 0 Å². The van der Waals surface area contributed by atoms with Crippen molar-refractivity contribution in [2.45, 2.75) is 32.6 Å². The van der Waals surface area contributed by atoms with Crippen LogP contribution in [-0.4, -0.2) is 28.7 Å². The summed E-state index contributed by atoms with van der Waals surface area (Å²) < 4.78 is 12.0. The molecule has 2 heterocycles. The van der Waals surface area contributed by atoms with Gasteiger partial charge in [-0.1, -0.05) is 18.2 Å². The number of hydrogen-bond acceptors (Lipinski definition) is 6. The number of para-hydroxylation sites is 1. The van der Waals surface area contributed by atoms with Gasteiger partial charge in [0.2, 0.25) is 0 Å². The van der Waals surface area contributed by atoms with Crippen LogP contribution in [0.5, 0.6) is 6.01 Å². The lowest BCUT2D eigenvalue weighted by Crippen LogP contribution is -2.25. The largest absolute Gasteiger partial charge is 0.463 e. The third-order valence-corrected chi connectivity index (χ3v) is 5.78. The molecule has 0 radical (unpaired) electrons. The van der Waals surface area contributed by atoms with Crippen LogP contribution in [0.25, 0.3) is 15.9 Å². The van der Waals surface area contributed by atoms with E-state index in [-0.39, 0.29) is 24.8 Å². The zero-order chi connectivity index (χ0) is 18.8. The number of carbonyl (C=O) groups excluding carboxylic acids is 1. The van der Waals surface area contributed by atoms with E-state index in [2.05, 4.69) is 4.98 Å². The molecule has 0 aliphatic heterocycles. The maximum atomic E-state index is 13.4. The van der Waals surface area contributed by atoms with Gasteiger partial charge in [0.05, 0.1) is 17.7 Å². The molecule has 0 N–H and O–H groups in total. The Labute approximate surface area is 160 Å². The first kappa shape index (κ1) is 17.7. The molecule has 0 saturated carbocycles. The van der Waals surface area contributed by atoms with Gasteiger partial charge in [0.15, 0.2) is 6.61 Å². The maximum Gasteiger partial charge on any atom is 0.344 e. The lowest BCUT2D eigenvalue weighted by molar-refractivity contribution is -0.145. The highest BCUT2D eigenvalue weighted by atomic mass is 32.1. The van der Waals surface area contributed by atoms with Crippen LogP contribution in [0.3, 0.4) is 0 Å². The van der Waals surface area contributed by atoms with Gasteiger partial charge in [-0.2, -0.15) is 4.98 Å². The van der Waals surface area contributed by atoms with Crippen LogP contribution in [0.2, 0.25) is 0 Å². The number of aromatic nitrogens is 2. The number of thiophene rings is 1. The Hall–Kier alpha value is -2.67. The van der Waals surface area contributed by atoms with Gasteiger partial charge in [0.1, 0.15) is 4.83 Å². The van der Waals surface area contributed by atoms with E-state index in [1.165, 1.54) is 9.44 Å². The summed E-state index contributed by atoms with van der Waals surface area (Å²) in [5.41, 5.74) is 1.64. The molecular formula is C20H20N2O4S. The molecule has 0 spiro atoms. The van der Waals surface area contributed by atoms with Crippen molar-refractivity contribution >= 4 is 27.5 Å². The van der Waals surface area contributed by atoms with Gasteiger partial charge in [0, 0.05) is 4.88 Å². The standard InChI is InChI=1S/C20H20N2O4S/c1-2-25-16(23)12-26-20-21-18-17(14-10-6-7-11-15(14)27-18)19(24)22(20)13-8-4-3-5-9-13/h3-5,8-9H,2,6-7,10-12H2,1H3. The van der Waals surface area contributed by atoms with Gasteiger partial charge in [-0.05, 0) is 50.3 Å². The summed E-state index contributed by atoms with van der Waals surface area (Å²) in [5.74, 6) is -0.489.